The number of nitriles is 1. The number of amides is 1. The average Bonchev–Trinajstić information content (AvgIpc) is 2.71. The number of piperazine rings is 1. The molecular weight excluding hydrogens is 345 g/mol. The van der Waals surface area contributed by atoms with Crippen LogP contribution in [0.4, 0.5) is 4.39 Å². The number of para-hydroxylation sites is 1. The van der Waals surface area contributed by atoms with Gasteiger partial charge in [-0.3, -0.25) is 9.69 Å². The van der Waals surface area contributed by atoms with Crippen LogP contribution in [0.5, 0.6) is 5.75 Å². The maximum absolute atomic E-state index is 13.1. The van der Waals surface area contributed by atoms with Gasteiger partial charge in [0.05, 0.1) is 19.1 Å². The fourth-order valence-electron chi connectivity index (χ4n) is 3.17. The molecule has 1 saturated heterocycles. The summed E-state index contributed by atoms with van der Waals surface area (Å²) in [6.45, 7) is 2.72. The van der Waals surface area contributed by atoms with Crippen LogP contribution in [0.1, 0.15) is 18.0 Å². The van der Waals surface area contributed by atoms with Gasteiger partial charge in [0.1, 0.15) is 17.6 Å². The Kier molecular flexibility index (Phi) is 6.39. The Morgan fingerprint density at radius 1 is 1.07 bits per heavy atom. The first-order valence-electron chi connectivity index (χ1n) is 9.02. The summed E-state index contributed by atoms with van der Waals surface area (Å²) in [6, 6.07) is 17.3. The number of benzene rings is 2. The lowest BCUT2D eigenvalue weighted by Gasteiger charge is -2.37. The Balaban J connectivity index is 1.47. The van der Waals surface area contributed by atoms with Crippen molar-refractivity contribution in [3.8, 4) is 11.8 Å². The van der Waals surface area contributed by atoms with Crippen molar-refractivity contribution >= 4 is 5.91 Å². The lowest BCUT2D eigenvalue weighted by atomic mass is 10.1. The van der Waals surface area contributed by atoms with E-state index in [1.165, 1.54) is 12.1 Å². The fourth-order valence-corrected chi connectivity index (χ4v) is 3.17. The molecule has 5 nitrogen and oxygen atoms in total. The number of ether oxygens (including phenoxy) is 1. The van der Waals surface area contributed by atoms with Gasteiger partial charge in [-0.1, -0.05) is 30.3 Å². The van der Waals surface area contributed by atoms with Crippen LogP contribution in [0.15, 0.2) is 54.6 Å². The highest BCUT2D eigenvalue weighted by Crippen LogP contribution is 2.22. The highest BCUT2D eigenvalue weighted by atomic mass is 19.1. The summed E-state index contributed by atoms with van der Waals surface area (Å²) < 4.78 is 18.7. The molecule has 1 aliphatic heterocycles. The van der Waals surface area contributed by atoms with Crippen LogP contribution in [0, 0.1) is 17.1 Å². The molecule has 1 amide bonds. The largest absolute Gasteiger partial charge is 0.493 e. The van der Waals surface area contributed by atoms with Crippen molar-refractivity contribution in [2.45, 2.75) is 12.5 Å². The quantitative estimate of drug-likeness (QED) is 0.788. The first-order chi connectivity index (χ1) is 13.2. The topological polar surface area (TPSA) is 56.6 Å². The summed E-state index contributed by atoms with van der Waals surface area (Å²) in [5.74, 6) is 0.496. The van der Waals surface area contributed by atoms with Gasteiger partial charge in [-0.2, -0.15) is 5.26 Å². The predicted octanol–water partition coefficient (Wildman–Crippen LogP) is 3.00. The van der Waals surface area contributed by atoms with Crippen LogP contribution in [-0.2, 0) is 4.79 Å². The molecule has 0 saturated carbocycles. The zero-order valence-corrected chi connectivity index (χ0v) is 15.1. The molecule has 1 heterocycles. The van der Waals surface area contributed by atoms with Crippen molar-refractivity contribution in [3.05, 3.63) is 66.0 Å². The maximum Gasteiger partial charge on any atom is 0.226 e. The van der Waals surface area contributed by atoms with E-state index in [1.54, 1.807) is 12.1 Å². The third-order valence-corrected chi connectivity index (χ3v) is 4.67. The van der Waals surface area contributed by atoms with Crippen LogP contribution in [0.3, 0.4) is 0 Å². The van der Waals surface area contributed by atoms with E-state index >= 15 is 0 Å². The van der Waals surface area contributed by atoms with Crippen LogP contribution in [0.2, 0.25) is 0 Å². The third kappa shape index (κ3) is 5.05. The zero-order chi connectivity index (χ0) is 19.1. The van der Waals surface area contributed by atoms with Crippen molar-refractivity contribution in [1.29, 1.82) is 5.26 Å². The molecule has 27 heavy (non-hydrogen) atoms. The van der Waals surface area contributed by atoms with Gasteiger partial charge in [-0.15, -0.1) is 0 Å². The van der Waals surface area contributed by atoms with Gasteiger partial charge in [0, 0.05) is 26.2 Å². The summed E-state index contributed by atoms with van der Waals surface area (Å²) in [7, 11) is 0. The second kappa shape index (κ2) is 9.15. The van der Waals surface area contributed by atoms with Crippen LogP contribution >= 0.6 is 0 Å². The molecule has 0 aliphatic carbocycles. The van der Waals surface area contributed by atoms with Gasteiger partial charge >= 0.3 is 0 Å². The first kappa shape index (κ1) is 18.9. The van der Waals surface area contributed by atoms with Crippen molar-refractivity contribution in [2.24, 2.45) is 0 Å². The molecular formula is C21H22FN3O2. The Morgan fingerprint density at radius 3 is 2.37 bits per heavy atom. The summed E-state index contributed by atoms with van der Waals surface area (Å²) in [6.07, 6.45) is 0.328. The number of halogens is 1. The lowest BCUT2D eigenvalue weighted by molar-refractivity contribution is -0.133. The molecule has 0 bridgehead atoms. The van der Waals surface area contributed by atoms with Crippen LogP contribution in [-0.4, -0.2) is 48.5 Å². The molecule has 2 aromatic carbocycles. The standard InChI is InChI=1S/C21H22FN3O2/c22-18-8-6-17(7-9-18)20(16-23)24-11-13-25(14-12-24)21(26)10-15-27-19-4-2-1-3-5-19/h1-9,20H,10-15H2. The van der Waals surface area contributed by atoms with E-state index in [0.717, 1.165) is 11.3 Å². The van der Waals surface area contributed by atoms with Crippen molar-refractivity contribution in [1.82, 2.24) is 9.80 Å². The SMILES string of the molecule is N#CC(c1ccc(F)cc1)N1CCN(C(=O)CCOc2ccccc2)CC1. The first-order valence-corrected chi connectivity index (χ1v) is 9.02. The second-order valence-electron chi connectivity index (χ2n) is 6.41. The number of carbonyl (C=O) groups is 1. The number of hydrogen-bond acceptors (Lipinski definition) is 4. The average molecular weight is 367 g/mol. The Labute approximate surface area is 158 Å². The molecule has 2 aromatic rings. The van der Waals surface area contributed by atoms with Gasteiger partial charge in [0.2, 0.25) is 5.91 Å². The van der Waals surface area contributed by atoms with E-state index in [9.17, 15) is 14.4 Å². The smallest absolute Gasteiger partial charge is 0.226 e. The summed E-state index contributed by atoms with van der Waals surface area (Å²) in [4.78, 5) is 16.2. The van der Waals surface area contributed by atoms with E-state index in [2.05, 4.69) is 6.07 Å². The van der Waals surface area contributed by atoms with Crippen molar-refractivity contribution < 1.29 is 13.9 Å². The molecule has 0 spiro atoms. The highest BCUT2D eigenvalue weighted by molar-refractivity contribution is 5.76. The summed E-state index contributed by atoms with van der Waals surface area (Å²) in [5, 5.41) is 9.52. The molecule has 140 valence electrons. The molecule has 1 aliphatic rings. The lowest BCUT2D eigenvalue weighted by Crippen LogP contribution is -2.49. The van der Waals surface area contributed by atoms with Gasteiger partial charge in [0.25, 0.3) is 0 Å². The molecule has 0 radical (unpaired) electrons. The molecule has 6 heteroatoms. The predicted molar refractivity (Wildman–Crippen MR) is 99.5 cm³/mol. The summed E-state index contributed by atoms with van der Waals surface area (Å²) in [5.41, 5.74) is 0.773. The number of nitrogens with zero attached hydrogens (tertiary/aromatic N) is 3. The second-order valence-corrected chi connectivity index (χ2v) is 6.41. The van der Waals surface area contributed by atoms with Crippen molar-refractivity contribution in [2.75, 3.05) is 32.8 Å². The van der Waals surface area contributed by atoms with E-state index in [4.69, 9.17) is 4.74 Å². The third-order valence-electron chi connectivity index (χ3n) is 4.67. The molecule has 1 unspecified atom stereocenters. The molecule has 1 atom stereocenters. The van der Waals surface area contributed by atoms with Gasteiger partial charge in [-0.25, -0.2) is 4.39 Å². The minimum Gasteiger partial charge on any atom is -0.493 e. The van der Waals surface area contributed by atoms with Gasteiger partial charge in [0.15, 0.2) is 0 Å². The monoisotopic (exact) mass is 367 g/mol. The van der Waals surface area contributed by atoms with E-state index in [-0.39, 0.29) is 11.7 Å². The van der Waals surface area contributed by atoms with Gasteiger partial charge < -0.3 is 9.64 Å². The fraction of sp³-hybridized carbons (Fsp3) is 0.333. The van der Waals surface area contributed by atoms with E-state index in [0.29, 0.717) is 39.2 Å². The minimum atomic E-state index is -0.427. The Morgan fingerprint density at radius 2 is 1.74 bits per heavy atom. The Bertz CT molecular complexity index is 781. The Hall–Kier alpha value is -2.91. The highest BCUT2D eigenvalue weighted by Gasteiger charge is 2.26. The van der Waals surface area contributed by atoms with Crippen molar-refractivity contribution in [3.63, 3.8) is 0 Å². The zero-order valence-electron chi connectivity index (χ0n) is 15.1. The van der Waals surface area contributed by atoms with Crippen LogP contribution < -0.4 is 4.74 Å². The molecule has 0 N–H and O–H groups in total. The van der Waals surface area contributed by atoms with E-state index in [1.807, 2.05) is 40.1 Å². The van der Waals surface area contributed by atoms with E-state index < -0.39 is 6.04 Å². The normalized spacial score (nSPS) is 15.8. The molecule has 1 fully saturated rings. The molecule has 0 aromatic heterocycles. The van der Waals surface area contributed by atoms with Gasteiger partial charge in [-0.05, 0) is 29.8 Å². The summed E-state index contributed by atoms with van der Waals surface area (Å²) >= 11 is 0. The number of rotatable bonds is 6. The number of hydrogen-bond donors (Lipinski definition) is 0. The maximum atomic E-state index is 13.1. The number of carbonyl (C=O) groups excluding carboxylic acids is 1. The van der Waals surface area contributed by atoms with Crippen LogP contribution in [0.25, 0.3) is 0 Å². The molecule has 3 rings (SSSR count). The minimum absolute atomic E-state index is 0.0564.